The van der Waals surface area contributed by atoms with E-state index in [9.17, 15) is 13.2 Å². The fourth-order valence-electron chi connectivity index (χ4n) is 2.30. The molecule has 0 N–H and O–H groups in total. The second-order valence-corrected chi connectivity index (χ2v) is 8.41. The number of benzene rings is 1. The number of nitrogens with zero attached hydrogens (tertiary/aromatic N) is 2. The maximum Gasteiger partial charge on any atom is 0.199 e. The van der Waals surface area contributed by atoms with Crippen molar-refractivity contribution in [1.82, 2.24) is 9.55 Å². The second kappa shape index (κ2) is 8.01. The van der Waals surface area contributed by atoms with Gasteiger partial charge in [-0.15, -0.1) is 0 Å². The Balaban J connectivity index is 2.22. The number of ketones is 1. The predicted molar refractivity (Wildman–Crippen MR) is 96.1 cm³/mol. The summed E-state index contributed by atoms with van der Waals surface area (Å²) in [5, 5.41) is 0.167. The summed E-state index contributed by atoms with van der Waals surface area (Å²) < 4.78 is 31.8. The van der Waals surface area contributed by atoms with Crippen LogP contribution in [0.15, 0.2) is 35.5 Å². The number of ether oxygens (including phenoxy) is 1. The van der Waals surface area contributed by atoms with Crippen molar-refractivity contribution in [2.75, 3.05) is 12.9 Å². The first-order chi connectivity index (χ1) is 11.8. The lowest BCUT2D eigenvalue weighted by atomic mass is 10.1. The zero-order valence-electron chi connectivity index (χ0n) is 14.4. The van der Waals surface area contributed by atoms with Crippen molar-refractivity contribution in [3.8, 4) is 5.75 Å². The molecule has 0 saturated carbocycles. The number of sulfone groups is 1. The van der Waals surface area contributed by atoms with Gasteiger partial charge >= 0.3 is 0 Å². The molecule has 0 fully saturated rings. The molecule has 0 aliphatic rings. The van der Waals surface area contributed by atoms with Gasteiger partial charge in [0.05, 0.1) is 13.4 Å². The molecular formula is C17H21ClN2O4S. The zero-order chi connectivity index (χ0) is 18.6. The molecule has 136 valence electrons. The van der Waals surface area contributed by atoms with Crippen LogP contribution in [-0.4, -0.2) is 36.6 Å². The van der Waals surface area contributed by atoms with Crippen molar-refractivity contribution in [2.45, 2.75) is 31.7 Å². The predicted octanol–water partition coefficient (Wildman–Crippen LogP) is 3.25. The van der Waals surface area contributed by atoms with E-state index < -0.39 is 21.4 Å². The van der Waals surface area contributed by atoms with Crippen molar-refractivity contribution in [3.63, 3.8) is 0 Å². The van der Waals surface area contributed by atoms with Crippen LogP contribution in [0.1, 0.15) is 30.8 Å². The molecule has 0 spiro atoms. The molecule has 0 aliphatic carbocycles. The highest BCUT2D eigenvalue weighted by atomic mass is 35.5. The van der Waals surface area contributed by atoms with Crippen LogP contribution in [-0.2, 0) is 16.4 Å². The van der Waals surface area contributed by atoms with Gasteiger partial charge in [-0.1, -0.05) is 37.6 Å². The number of halogens is 1. The largest absolute Gasteiger partial charge is 0.495 e. The zero-order valence-corrected chi connectivity index (χ0v) is 16.0. The molecule has 0 aliphatic heterocycles. The number of para-hydroxylation sites is 1. The lowest BCUT2D eigenvalue weighted by molar-refractivity contribution is 0.101. The number of carbonyl (C=O) groups excluding carboxylic acids is 1. The third-order valence-corrected chi connectivity index (χ3v) is 5.76. The third-order valence-electron chi connectivity index (χ3n) is 3.71. The first-order valence-corrected chi connectivity index (χ1v) is 9.89. The van der Waals surface area contributed by atoms with Crippen LogP contribution in [0.5, 0.6) is 5.75 Å². The van der Waals surface area contributed by atoms with Crippen LogP contribution < -0.4 is 4.74 Å². The molecule has 2 rings (SSSR count). The first-order valence-electron chi connectivity index (χ1n) is 7.86. The van der Waals surface area contributed by atoms with Gasteiger partial charge in [0.15, 0.2) is 15.6 Å². The molecule has 25 heavy (non-hydrogen) atoms. The summed E-state index contributed by atoms with van der Waals surface area (Å²) in [6, 6.07) is 6.18. The molecule has 6 nitrogen and oxygen atoms in total. The van der Waals surface area contributed by atoms with Crippen LogP contribution in [0.2, 0.25) is 5.15 Å². The van der Waals surface area contributed by atoms with E-state index in [-0.39, 0.29) is 21.5 Å². The maximum atomic E-state index is 12.6. The van der Waals surface area contributed by atoms with Crippen molar-refractivity contribution in [3.05, 3.63) is 41.4 Å². The summed E-state index contributed by atoms with van der Waals surface area (Å²) in [6.45, 7) is 4.78. The van der Waals surface area contributed by atoms with Crippen molar-refractivity contribution in [2.24, 2.45) is 5.92 Å². The van der Waals surface area contributed by atoms with Crippen LogP contribution in [0.3, 0.4) is 0 Å². The first kappa shape index (κ1) is 19.5. The molecule has 8 heteroatoms. The average molecular weight is 385 g/mol. The van der Waals surface area contributed by atoms with E-state index in [2.05, 4.69) is 18.8 Å². The van der Waals surface area contributed by atoms with Crippen molar-refractivity contribution >= 4 is 27.2 Å². The Morgan fingerprint density at radius 1 is 1.32 bits per heavy atom. The lowest BCUT2D eigenvalue weighted by Gasteiger charge is -2.09. The Morgan fingerprint density at radius 3 is 2.64 bits per heavy atom. The minimum atomic E-state index is -3.87. The monoisotopic (exact) mass is 384 g/mol. The Bertz CT molecular complexity index is 859. The molecule has 0 unspecified atom stereocenters. The standard InChI is InChI=1S/C17H21ClN2O4S/c1-12(2)8-9-20-11-19-16(17(20)18)13(21)10-25(22,23)15-7-5-4-6-14(15)24-3/h4-7,11-12H,8-10H2,1-3H3. The summed E-state index contributed by atoms with van der Waals surface area (Å²) in [6.07, 6.45) is 2.34. The highest BCUT2D eigenvalue weighted by Crippen LogP contribution is 2.25. The Hall–Kier alpha value is -1.86. The molecule has 1 aromatic heterocycles. The fourth-order valence-corrected chi connectivity index (χ4v) is 3.97. The highest BCUT2D eigenvalue weighted by molar-refractivity contribution is 7.92. The second-order valence-electron chi connectivity index (χ2n) is 6.09. The number of aryl methyl sites for hydroxylation is 1. The minimum Gasteiger partial charge on any atom is -0.495 e. The molecule has 0 radical (unpaired) electrons. The summed E-state index contributed by atoms with van der Waals surface area (Å²) >= 11 is 6.20. The molecule has 0 saturated heterocycles. The minimum absolute atomic E-state index is 0.0242. The van der Waals surface area contributed by atoms with E-state index in [0.29, 0.717) is 12.5 Å². The Labute approximate surface area is 152 Å². The maximum absolute atomic E-state index is 12.6. The van der Waals surface area contributed by atoms with Crippen LogP contribution in [0, 0.1) is 5.92 Å². The topological polar surface area (TPSA) is 78.3 Å². The van der Waals surface area contributed by atoms with Gasteiger partial charge in [-0.05, 0) is 24.5 Å². The van der Waals surface area contributed by atoms with E-state index in [1.165, 1.54) is 25.6 Å². The number of imidazole rings is 1. The molecule has 0 bridgehead atoms. The molecule has 1 heterocycles. The molecule has 1 aromatic carbocycles. The third kappa shape index (κ3) is 4.61. The van der Waals surface area contributed by atoms with Crippen molar-refractivity contribution in [1.29, 1.82) is 0 Å². The number of aromatic nitrogens is 2. The molecule has 0 amide bonds. The van der Waals surface area contributed by atoms with Gasteiger partial charge in [-0.25, -0.2) is 13.4 Å². The van der Waals surface area contributed by atoms with Crippen LogP contribution in [0.4, 0.5) is 0 Å². The van der Waals surface area contributed by atoms with Gasteiger partial charge in [0, 0.05) is 6.54 Å². The van der Waals surface area contributed by atoms with Gasteiger partial charge in [-0.2, -0.15) is 0 Å². The van der Waals surface area contributed by atoms with E-state index in [4.69, 9.17) is 16.3 Å². The summed E-state index contributed by atoms with van der Waals surface area (Å²) in [7, 11) is -2.49. The highest BCUT2D eigenvalue weighted by Gasteiger charge is 2.26. The van der Waals surface area contributed by atoms with Gasteiger partial charge in [0.2, 0.25) is 0 Å². The van der Waals surface area contributed by atoms with E-state index in [0.717, 1.165) is 6.42 Å². The summed E-state index contributed by atoms with van der Waals surface area (Å²) in [4.78, 5) is 16.4. The molecule has 2 aromatic rings. The van der Waals surface area contributed by atoms with Gasteiger partial charge in [0.1, 0.15) is 27.2 Å². The SMILES string of the molecule is COc1ccccc1S(=O)(=O)CC(=O)c1ncn(CCC(C)C)c1Cl. The average Bonchev–Trinajstić information content (AvgIpc) is 2.93. The number of hydrogen-bond acceptors (Lipinski definition) is 5. The summed E-state index contributed by atoms with van der Waals surface area (Å²) in [5.41, 5.74) is -0.0242. The van der Waals surface area contributed by atoms with Gasteiger partial charge < -0.3 is 9.30 Å². The number of rotatable bonds is 8. The number of carbonyl (C=O) groups is 1. The summed E-state index contributed by atoms with van der Waals surface area (Å²) in [5.74, 6) is -0.680. The number of Topliss-reactive ketones (excluding diaryl/α,β-unsaturated/α-hetero) is 1. The Kier molecular flexibility index (Phi) is 6.24. The quantitative estimate of drug-likeness (QED) is 0.653. The molecule has 0 atom stereocenters. The lowest BCUT2D eigenvalue weighted by Crippen LogP contribution is -2.18. The molecular weight excluding hydrogens is 364 g/mol. The normalized spacial score (nSPS) is 11.7. The Morgan fingerprint density at radius 2 is 2.00 bits per heavy atom. The number of methoxy groups -OCH3 is 1. The fraction of sp³-hybridized carbons (Fsp3) is 0.412. The van der Waals surface area contributed by atoms with Crippen molar-refractivity contribution < 1.29 is 17.9 Å². The van der Waals surface area contributed by atoms with E-state index in [1.807, 2.05) is 0 Å². The van der Waals surface area contributed by atoms with Gasteiger partial charge in [-0.3, -0.25) is 4.79 Å². The van der Waals surface area contributed by atoms with Gasteiger partial charge in [0.25, 0.3) is 0 Å². The smallest absolute Gasteiger partial charge is 0.199 e. The number of hydrogen-bond donors (Lipinski definition) is 0. The van der Waals surface area contributed by atoms with E-state index in [1.54, 1.807) is 16.7 Å². The van der Waals surface area contributed by atoms with Crippen LogP contribution >= 0.6 is 11.6 Å². The van der Waals surface area contributed by atoms with E-state index >= 15 is 0 Å². The van der Waals surface area contributed by atoms with Crippen LogP contribution in [0.25, 0.3) is 0 Å².